The topological polar surface area (TPSA) is 78.4 Å². The van der Waals surface area contributed by atoms with Gasteiger partial charge in [0.25, 0.3) is 0 Å². The highest BCUT2D eigenvalue weighted by Gasteiger charge is 2.15. The molecule has 3 N–H and O–H groups in total. The van der Waals surface area contributed by atoms with Crippen LogP contribution >= 0.6 is 23.4 Å². The zero-order chi connectivity index (χ0) is 15.2. The van der Waals surface area contributed by atoms with Crippen molar-refractivity contribution >= 4 is 41.1 Å². The van der Waals surface area contributed by atoms with Crippen molar-refractivity contribution in [2.45, 2.75) is 12.8 Å². The van der Waals surface area contributed by atoms with Crippen LogP contribution in [0.4, 0.5) is 10.5 Å². The molecule has 1 aliphatic rings. The van der Waals surface area contributed by atoms with Crippen LogP contribution in [0.3, 0.4) is 0 Å². The quantitative estimate of drug-likeness (QED) is 0.792. The summed E-state index contributed by atoms with van der Waals surface area (Å²) < 4.78 is 0. The van der Waals surface area contributed by atoms with Crippen LogP contribution in [-0.2, 0) is 0 Å². The van der Waals surface area contributed by atoms with Crippen molar-refractivity contribution in [3.63, 3.8) is 0 Å². The number of aromatic carboxylic acids is 1. The minimum Gasteiger partial charge on any atom is -0.478 e. The summed E-state index contributed by atoms with van der Waals surface area (Å²) in [7, 11) is 0. The number of rotatable bonds is 4. The molecule has 0 atom stereocenters. The Morgan fingerprint density at radius 2 is 2.05 bits per heavy atom. The van der Waals surface area contributed by atoms with E-state index in [4.69, 9.17) is 16.7 Å². The number of halogens is 1. The monoisotopic (exact) mass is 328 g/mol. The van der Waals surface area contributed by atoms with Gasteiger partial charge in [0.05, 0.1) is 10.6 Å². The van der Waals surface area contributed by atoms with E-state index in [0.29, 0.717) is 18.2 Å². The number of hydrogen-bond donors (Lipinski definition) is 3. The maximum absolute atomic E-state index is 11.8. The van der Waals surface area contributed by atoms with E-state index >= 15 is 0 Å². The van der Waals surface area contributed by atoms with Crippen LogP contribution in [0.15, 0.2) is 18.2 Å². The molecule has 1 fully saturated rings. The van der Waals surface area contributed by atoms with Crippen LogP contribution in [0.25, 0.3) is 0 Å². The highest BCUT2D eigenvalue weighted by atomic mass is 35.5. The molecule has 0 saturated carbocycles. The number of carbonyl (C=O) groups excluding carboxylic acids is 1. The summed E-state index contributed by atoms with van der Waals surface area (Å²) in [6.45, 7) is 0.660. The fourth-order valence-electron chi connectivity index (χ4n) is 2.13. The van der Waals surface area contributed by atoms with Gasteiger partial charge in [0.2, 0.25) is 0 Å². The molecular weight excluding hydrogens is 312 g/mol. The van der Waals surface area contributed by atoms with Crippen molar-refractivity contribution in [2.24, 2.45) is 5.92 Å². The molecule has 1 saturated heterocycles. The van der Waals surface area contributed by atoms with Gasteiger partial charge in [-0.05, 0) is 48.5 Å². The normalized spacial score (nSPS) is 15.5. The summed E-state index contributed by atoms with van der Waals surface area (Å²) in [5.41, 5.74) is 0.490. The van der Waals surface area contributed by atoms with E-state index in [1.54, 1.807) is 0 Å². The lowest BCUT2D eigenvalue weighted by atomic mass is 10.0. The summed E-state index contributed by atoms with van der Waals surface area (Å²) in [6.07, 6.45) is 2.26. The van der Waals surface area contributed by atoms with Gasteiger partial charge in [-0.2, -0.15) is 11.8 Å². The highest BCUT2D eigenvalue weighted by molar-refractivity contribution is 7.99. The number of hydrogen-bond acceptors (Lipinski definition) is 3. The van der Waals surface area contributed by atoms with E-state index in [0.717, 1.165) is 24.3 Å². The molecule has 21 heavy (non-hydrogen) atoms. The maximum atomic E-state index is 11.8. The van der Waals surface area contributed by atoms with Gasteiger partial charge in [-0.1, -0.05) is 11.6 Å². The van der Waals surface area contributed by atoms with Crippen LogP contribution < -0.4 is 10.6 Å². The lowest BCUT2D eigenvalue weighted by molar-refractivity contribution is 0.0697. The van der Waals surface area contributed by atoms with E-state index < -0.39 is 5.97 Å². The van der Waals surface area contributed by atoms with E-state index in [2.05, 4.69) is 10.6 Å². The van der Waals surface area contributed by atoms with Gasteiger partial charge >= 0.3 is 12.0 Å². The molecule has 2 amide bonds. The second-order valence-electron chi connectivity index (χ2n) is 4.89. The lowest BCUT2D eigenvalue weighted by Gasteiger charge is -2.21. The Morgan fingerprint density at radius 3 is 2.67 bits per heavy atom. The van der Waals surface area contributed by atoms with Crippen LogP contribution in [0, 0.1) is 5.92 Å². The van der Waals surface area contributed by atoms with Gasteiger partial charge in [-0.3, -0.25) is 0 Å². The molecule has 1 aliphatic heterocycles. The largest absolute Gasteiger partial charge is 0.478 e. The molecule has 0 spiro atoms. The van der Waals surface area contributed by atoms with Crippen molar-refractivity contribution in [2.75, 3.05) is 23.4 Å². The SMILES string of the molecule is O=C(NCC1CCSCC1)Nc1ccc(C(=O)O)c(Cl)c1. The molecule has 1 aromatic carbocycles. The summed E-state index contributed by atoms with van der Waals surface area (Å²) >= 11 is 7.80. The second kappa shape index (κ2) is 7.56. The third-order valence-electron chi connectivity index (χ3n) is 3.35. The molecule has 1 aromatic rings. The Balaban J connectivity index is 1.84. The van der Waals surface area contributed by atoms with E-state index in [1.807, 2.05) is 11.8 Å². The van der Waals surface area contributed by atoms with Crippen molar-refractivity contribution in [1.29, 1.82) is 0 Å². The van der Waals surface area contributed by atoms with Crippen LogP contribution in [0.2, 0.25) is 5.02 Å². The van der Waals surface area contributed by atoms with Gasteiger partial charge in [0, 0.05) is 12.2 Å². The Bertz CT molecular complexity index is 533. The standard InChI is InChI=1S/C14H17ClN2O3S/c15-12-7-10(1-2-11(12)13(18)19)17-14(20)16-8-9-3-5-21-6-4-9/h1-2,7,9H,3-6,8H2,(H,18,19)(H2,16,17,20). The van der Waals surface area contributed by atoms with Gasteiger partial charge in [0.15, 0.2) is 0 Å². The average molecular weight is 329 g/mol. The van der Waals surface area contributed by atoms with Crippen molar-refractivity contribution in [1.82, 2.24) is 5.32 Å². The molecule has 7 heteroatoms. The summed E-state index contributed by atoms with van der Waals surface area (Å²) in [5, 5.41) is 14.5. The van der Waals surface area contributed by atoms with Crippen molar-refractivity contribution in [3.8, 4) is 0 Å². The van der Waals surface area contributed by atoms with Gasteiger partial charge < -0.3 is 15.7 Å². The van der Waals surface area contributed by atoms with Gasteiger partial charge in [0.1, 0.15) is 0 Å². The zero-order valence-electron chi connectivity index (χ0n) is 11.4. The van der Waals surface area contributed by atoms with Gasteiger partial charge in [-0.25, -0.2) is 9.59 Å². The molecule has 0 bridgehead atoms. The molecule has 0 unspecified atom stereocenters. The average Bonchev–Trinajstić information content (AvgIpc) is 2.46. The number of carbonyl (C=O) groups is 2. The molecule has 0 radical (unpaired) electrons. The van der Waals surface area contributed by atoms with Crippen molar-refractivity contribution in [3.05, 3.63) is 28.8 Å². The fourth-order valence-corrected chi connectivity index (χ4v) is 3.59. The summed E-state index contributed by atoms with van der Waals surface area (Å²) in [4.78, 5) is 22.6. The first-order valence-corrected chi connectivity index (χ1v) is 8.25. The summed E-state index contributed by atoms with van der Waals surface area (Å²) in [6, 6.07) is 4.03. The Labute approximate surface area is 132 Å². The molecule has 114 valence electrons. The Hall–Kier alpha value is -1.40. The number of carboxylic acids is 1. The summed E-state index contributed by atoms with van der Waals surface area (Å²) in [5.74, 6) is 1.75. The molecule has 0 aliphatic carbocycles. The number of thioether (sulfide) groups is 1. The predicted octanol–water partition coefficient (Wildman–Crippen LogP) is 3.30. The van der Waals surface area contributed by atoms with Gasteiger partial charge in [-0.15, -0.1) is 0 Å². The van der Waals surface area contributed by atoms with Crippen LogP contribution in [0.5, 0.6) is 0 Å². The maximum Gasteiger partial charge on any atom is 0.337 e. The zero-order valence-corrected chi connectivity index (χ0v) is 13.0. The third kappa shape index (κ3) is 4.82. The molecule has 0 aromatic heterocycles. The number of nitrogens with one attached hydrogen (secondary N) is 2. The van der Waals surface area contributed by atoms with E-state index in [1.165, 1.54) is 18.2 Å². The molecule has 2 rings (SSSR count). The number of benzene rings is 1. The number of anilines is 1. The number of carboxylic acid groups (broad SMARTS) is 1. The fraction of sp³-hybridized carbons (Fsp3) is 0.429. The van der Waals surface area contributed by atoms with Crippen molar-refractivity contribution < 1.29 is 14.7 Å². The molecule has 1 heterocycles. The smallest absolute Gasteiger partial charge is 0.337 e. The first-order valence-electron chi connectivity index (χ1n) is 6.71. The van der Waals surface area contributed by atoms with Crippen LogP contribution in [-0.4, -0.2) is 35.2 Å². The minimum absolute atomic E-state index is 0.0160. The number of amides is 2. The highest BCUT2D eigenvalue weighted by Crippen LogP contribution is 2.22. The first-order chi connectivity index (χ1) is 10.1. The predicted molar refractivity (Wildman–Crippen MR) is 85.5 cm³/mol. The molecule has 5 nitrogen and oxygen atoms in total. The Kier molecular flexibility index (Phi) is 5.76. The minimum atomic E-state index is -1.09. The Morgan fingerprint density at radius 1 is 1.33 bits per heavy atom. The lowest BCUT2D eigenvalue weighted by Crippen LogP contribution is -2.34. The van der Waals surface area contributed by atoms with E-state index in [9.17, 15) is 9.59 Å². The number of urea groups is 1. The first kappa shape index (κ1) is 16.0. The third-order valence-corrected chi connectivity index (χ3v) is 4.71. The van der Waals surface area contributed by atoms with Crippen LogP contribution in [0.1, 0.15) is 23.2 Å². The molecular formula is C14H17ClN2O3S. The van der Waals surface area contributed by atoms with E-state index in [-0.39, 0.29) is 16.6 Å². The second-order valence-corrected chi connectivity index (χ2v) is 6.52.